The predicted molar refractivity (Wildman–Crippen MR) is 64.3 cm³/mol. The van der Waals surface area contributed by atoms with E-state index in [1.807, 2.05) is 12.2 Å². The Hall–Kier alpha value is -1.90. The lowest BCUT2D eigenvalue weighted by Gasteiger charge is -2.14. The van der Waals surface area contributed by atoms with E-state index >= 15 is 0 Å². The highest BCUT2D eigenvalue weighted by atomic mass is 14.9. The highest BCUT2D eigenvalue weighted by Gasteiger charge is 2.02. The van der Waals surface area contributed by atoms with Crippen LogP contribution < -0.4 is 16.8 Å². The first-order valence-corrected chi connectivity index (χ1v) is 4.81. The molecule has 3 nitrogen and oxygen atoms in total. The molecule has 0 saturated heterocycles. The number of hydrogen-bond donors (Lipinski definition) is 3. The number of allylic oxidation sites excluding steroid dienone is 6. The number of hydrogen-bond acceptors (Lipinski definition) is 3. The Balaban J connectivity index is 2.49. The molecule has 0 aliphatic heterocycles. The maximum Gasteiger partial charge on any atom is 0.0309 e. The van der Waals surface area contributed by atoms with Crippen LogP contribution in [0.3, 0.4) is 0 Å². The van der Waals surface area contributed by atoms with E-state index in [4.69, 9.17) is 11.5 Å². The summed E-state index contributed by atoms with van der Waals surface area (Å²) >= 11 is 0. The Bertz CT molecular complexity index is 359. The molecular weight excluding hydrogens is 186 g/mol. The lowest BCUT2D eigenvalue weighted by molar-refractivity contribution is 0.816. The van der Waals surface area contributed by atoms with Crippen LogP contribution in [0.1, 0.15) is 12.8 Å². The van der Waals surface area contributed by atoms with Gasteiger partial charge in [-0.2, -0.15) is 0 Å². The third-order valence-corrected chi connectivity index (χ3v) is 2.00. The standard InChI is InChI=1S/C12H17N3/c1-9(13)3-4-10(2)15-12-7-5-11(14)6-8-12/h3-5,7,15H,1-2,6,8,13-14H2/b4-3-. The summed E-state index contributed by atoms with van der Waals surface area (Å²) in [7, 11) is 0. The van der Waals surface area contributed by atoms with Crippen LogP contribution in [0.4, 0.5) is 0 Å². The normalized spacial score (nSPS) is 15.7. The van der Waals surface area contributed by atoms with Gasteiger partial charge in [0.1, 0.15) is 0 Å². The van der Waals surface area contributed by atoms with Crippen LogP contribution >= 0.6 is 0 Å². The molecule has 0 radical (unpaired) electrons. The van der Waals surface area contributed by atoms with Gasteiger partial charge >= 0.3 is 0 Å². The van der Waals surface area contributed by atoms with Crippen LogP contribution in [0.5, 0.6) is 0 Å². The maximum absolute atomic E-state index is 5.65. The zero-order valence-electron chi connectivity index (χ0n) is 8.79. The summed E-state index contributed by atoms with van der Waals surface area (Å²) in [6, 6.07) is 0. The van der Waals surface area contributed by atoms with Crippen LogP contribution in [0.25, 0.3) is 0 Å². The number of nitrogens with two attached hydrogens (primary N) is 2. The van der Waals surface area contributed by atoms with E-state index < -0.39 is 0 Å². The molecule has 1 aliphatic rings. The van der Waals surface area contributed by atoms with E-state index in [9.17, 15) is 0 Å². The van der Waals surface area contributed by atoms with Gasteiger partial charge in [-0.05, 0) is 37.1 Å². The quantitative estimate of drug-likeness (QED) is 0.609. The zero-order valence-corrected chi connectivity index (χ0v) is 8.79. The van der Waals surface area contributed by atoms with Crippen molar-refractivity contribution in [3.63, 3.8) is 0 Å². The summed E-state index contributed by atoms with van der Waals surface area (Å²) < 4.78 is 0. The largest absolute Gasteiger partial charge is 0.402 e. The zero-order chi connectivity index (χ0) is 11.3. The minimum absolute atomic E-state index is 0.514. The summed E-state index contributed by atoms with van der Waals surface area (Å²) in [6.45, 7) is 7.42. The van der Waals surface area contributed by atoms with Crippen molar-refractivity contribution >= 4 is 0 Å². The fourth-order valence-electron chi connectivity index (χ4n) is 1.21. The minimum atomic E-state index is 0.514. The summed E-state index contributed by atoms with van der Waals surface area (Å²) in [5, 5.41) is 3.18. The summed E-state index contributed by atoms with van der Waals surface area (Å²) in [4.78, 5) is 0. The second-order valence-corrected chi connectivity index (χ2v) is 3.49. The molecule has 0 saturated carbocycles. The van der Waals surface area contributed by atoms with Crippen molar-refractivity contribution in [1.82, 2.24) is 5.32 Å². The van der Waals surface area contributed by atoms with Crippen LogP contribution in [0.15, 0.2) is 60.3 Å². The summed E-state index contributed by atoms with van der Waals surface area (Å²) in [5.41, 5.74) is 14.4. The van der Waals surface area contributed by atoms with Gasteiger partial charge in [-0.25, -0.2) is 0 Å². The molecule has 0 heterocycles. The van der Waals surface area contributed by atoms with Crippen LogP contribution in [-0.4, -0.2) is 0 Å². The molecule has 0 atom stereocenters. The Morgan fingerprint density at radius 2 is 2.00 bits per heavy atom. The van der Waals surface area contributed by atoms with Gasteiger partial charge in [-0.3, -0.25) is 0 Å². The number of nitrogens with one attached hydrogen (secondary N) is 1. The Morgan fingerprint density at radius 1 is 1.27 bits per heavy atom. The second-order valence-electron chi connectivity index (χ2n) is 3.49. The molecule has 80 valence electrons. The van der Waals surface area contributed by atoms with E-state index in [2.05, 4.69) is 18.5 Å². The molecule has 0 bridgehead atoms. The van der Waals surface area contributed by atoms with Crippen molar-refractivity contribution in [1.29, 1.82) is 0 Å². The van der Waals surface area contributed by atoms with Gasteiger partial charge in [0.25, 0.3) is 0 Å². The first-order valence-electron chi connectivity index (χ1n) is 4.81. The third kappa shape index (κ3) is 4.22. The fourth-order valence-corrected chi connectivity index (χ4v) is 1.21. The highest BCUT2D eigenvalue weighted by molar-refractivity contribution is 5.28. The molecule has 15 heavy (non-hydrogen) atoms. The van der Waals surface area contributed by atoms with Gasteiger partial charge < -0.3 is 16.8 Å². The predicted octanol–water partition coefficient (Wildman–Crippen LogP) is 1.64. The van der Waals surface area contributed by atoms with Crippen LogP contribution in [0.2, 0.25) is 0 Å². The van der Waals surface area contributed by atoms with E-state index in [1.54, 1.807) is 12.2 Å². The van der Waals surface area contributed by atoms with E-state index in [0.29, 0.717) is 5.70 Å². The fraction of sp³-hybridized carbons (Fsp3) is 0.167. The average Bonchev–Trinajstić information content (AvgIpc) is 2.19. The van der Waals surface area contributed by atoms with Gasteiger partial charge in [0.2, 0.25) is 0 Å². The maximum atomic E-state index is 5.65. The topological polar surface area (TPSA) is 64.1 Å². The van der Waals surface area contributed by atoms with Crippen LogP contribution in [0, 0.1) is 0 Å². The van der Waals surface area contributed by atoms with Crippen molar-refractivity contribution in [3.05, 3.63) is 60.3 Å². The SMILES string of the molecule is C=C(N)/C=C\C(=C)NC1=CC=C(N)CC1. The van der Waals surface area contributed by atoms with Crippen molar-refractivity contribution in [2.75, 3.05) is 0 Å². The van der Waals surface area contributed by atoms with Gasteiger partial charge in [0.15, 0.2) is 0 Å². The van der Waals surface area contributed by atoms with E-state index in [0.717, 1.165) is 29.9 Å². The molecule has 0 unspecified atom stereocenters. The average molecular weight is 203 g/mol. The molecule has 5 N–H and O–H groups in total. The second kappa shape index (κ2) is 5.10. The molecule has 0 spiro atoms. The summed E-state index contributed by atoms with van der Waals surface area (Å²) in [6.07, 6.45) is 9.19. The molecule has 0 fully saturated rings. The molecule has 0 aromatic heterocycles. The van der Waals surface area contributed by atoms with E-state index in [-0.39, 0.29) is 0 Å². The van der Waals surface area contributed by atoms with Gasteiger partial charge in [0.05, 0.1) is 0 Å². The van der Waals surface area contributed by atoms with Gasteiger partial charge in [-0.1, -0.05) is 13.2 Å². The summed E-state index contributed by atoms with van der Waals surface area (Å²) in [5.74, 6) is 0. The molecule has 3 heteroatoms. The first kappa shape index (κ1) is 11.2. The minimum Gasteiger partial charge on any atom is -0.402 e. The molecule has 1 rings (SSSR count). The monoisotopic (exact) mass is 203 g/mol. The van der Waals surface area contributed by atoms with Gasteiger partial charge in [-0.15, -0.1) is 0 Å². The lowest BCUT2D eigenvalue weighted by Crippen LogP contribution is -2.14. The highest BCUT2D eigenvalue weighted by Crippen LogP contribution is 2.13. The molecule has 0 aromatic carbocycles. The Kier molecular flexibility index (Phi) is 3.80. The molecule has 1 aliphatic carbocycles. The number of rotatable bonds is 4. The van der Waals surface area contributed by atoms with E-state index in [1.165, 1.54) is 0 Å². The Morgan fingerprint density at radius 3 is 2.53 bits per heavy atom. The molecule has 0 amide bonds. The van der Waals surface area contributed by atoms with Crippen molar-refractivity contribution in [2.24, 2.45) is 11.5 Å². The molecular formula is C12H17N3. The van der Waals surface area contributed by atoms with Gasteiger partial charge in [0, 0.05) is 22.8 Å². The van der Waals surface area contributed by atoms with Crippen molar-refractivity contribution in [2.45, 2.75) is 12.8 Å². The van der Waals surface area contributed by atoms with Crippen LogP contribution in [-0.2, 0) is 0 Å². The van der Waals surface area contributed by atoms with Crippen molar-refractivity contribution in [3.8, 4) is 0 Å². The first-order chi connectivity index (χ1) is 7.08. The third-order valence-electron chi connectivity index (χ3n) is 2.00. The Labute approximate surface area is 90.5 Å². The lowest BCUT2D eigenvalue weighted by atomic mass is 10.1. The van der Waals surface area contributed by atoms with Crippen molar-refractivity contribution < 1.29 is 0 Å². The smallest absolute Gasteiger partial charge is 0.0309 e. The molecule has 0 aromatic rings.